The lowest BCUT2D eigenvalue weighted by atomic mass is 10.2. The minimum atomic E-state index is -4.04. The van der Waals surface area contributed by atoms with E-state index in [2.05, 4.69) is 5.32 Å². The van der Waals surface area contributed by atoms with E-state index in [9.17, 15) is 13.2 Å². The summed E-state index contributed by atoms with van der Waals surface area (Å²) in [4.78, 5) is 15.2. The van der Waals surface area contributed by atoms with Crippen molar-refractivity contribution in [2.45, 2.75) is 21.6 Å². The number of aryl methyl sites for hydroxylation is 1. The first-order valence-corrected chi connectivity index (χ1v) is 13.5. The molecule has 4 aromatic rings. The predicted molar refractivity (Wildman–Crippen MR) is 144 cm³/mol. The van der Waals surface area contributed by atoms with Gasteiger partial charge in [-0.2, -0.15) is 0 Å². The molecule has 1 N–H and O–H groups in total. The number of nitrogens with one attached hydrogen (secondary N) is 1. The molecule has 0 fully saturated rings. The summed E-state index contributed by atoms with van der Waals surface area (Å²) in [5.74, 6) is 0.138. The van der Waals surface area contributed by atoms with Crippen molar-refractivity contribution in [3.63, 3.8) is 0 Å². The zero-order valence-corrected chi connectivity index (χ0v) is 21.6. The van der Waals surface area contributed by atoms with Gasteiger partial charge in [0.05, 0.1) is 23.4 Å². The maximum atomic E-state index is 13.7. The average molecular weight is 519 g/mol. The molecule has 0 bridgehead atoms. The number of carbonyl (C=O) groups is 1. The van der Waals surface area contributed by atoms with E-state index in [1.165, 1.54) is 24.9 Å². The van der Waals surface area contributed by atoms with E-state index in [1.54, 1.807) is 55.5 Å². The third-order valence-electron chi connectivity index (χ3n) is 5.42. The van der Waals surface area contributed by atoms with Crippen molar-refractivity contribution < 1.29 is 17.9 Å². The molecule has 4 rings (SSSR count). The molecular weight excluding hydrogens is 492 g/mol. The summed E-state index contributed by atoms with van der Waals surface area (Å²) in [5.41, 5.74) is 1.69. The fraction of sp³-hybridized carbons (Fsp3) is 0.107. The Labute approximate surface area is 216 Å². The number of anilines is 2. The molecule has 6 nitrogen and oxygen atoms in total. The van der Waals surface area contributed by atoms with Crippen LogP contribution < -0.4 is 14.4 Å². The number of hydrogen-bond donors (Lipinski definition) is 1. The Bertz CT molecular complexity index is 1440. The maximum Gasteiger partial charge on any atom is 0.264 e. The van der Waals surface area contributed by atoms with Crippen LogP contribution in [0.4, 0.5) is 11.4 Å². The van der Waals surface area contributed by atoms with Crippen LogP contribution in [0.1, 0.15) is 5.56 Å². The van der Waals surface area contributed by atoms with E-state index in [-0.39, 0.29) is 11.4 Å². The highest BCUT2D eigenvalue weighted by Crippen LogP contribution is 2.33. The van der Waals surface area contributed by atoms with Crippen molar-refractivity contribution in [3.8, 4) is 5.75 Å². The average Bonchev–Trinajstić information content (AvgIpc) is 2.89. The highest BCUT2D eigenvalue weighted by atomic mass is 32.2. The fourth-order valence-electron chi connectivity index (χ4n) is 3.64. The van der Waals surface area contributed by atoms with Gasteiger partial charge >= 0.3 is 0 Å². The second-order valence-corrected chi connectivity index (χ2v) is 10.9. The van der Waals surface area contributed by atoms with Crippen LogP contribution in [0.2, 0.25) is 0 Å². The number of rotatable bonds is 9. The molecule has 0 saturated heterocycles. The van der Waals surface area contributed by atoms with Gasteiger partial charge in [0.1, 0.15) is 12.3 Å². The standard InChI is InChI=1S/C28H26N2O4S2/c1-21-19-24(17-18-26(21)34-2)36(32,33)30(22-11-5-3-6-12-22)20-28(31)29-25-15-9-10-16-27(25)35-23-13-7-4-8-14-23/h3-19H,20H2,1-2H3,(H,29,31). The number of ether oxygens (including phenoxy) is 1. The zero-order chi connectivity index (χ0) is 25.5. The third-order valence-corrected chi connectivity index (χ3v) is 8.27. The second-order valence-electron chi connectivity index (χ2n) is 7.94. The van der Waals surface area contributed by atoms with Gasteiger partial charge in [-0.3, -0.25) is 9.10 Å². The van der Waals surface area contributed by atoms with Gasteiger partial charge in [-0.05, 0) is 67.1 Å². The molecule has 0 radical (unpaired) electrons. The van der Waals surface area contributed by atoms with Crippen LogP contribution in [-0.4, -0.2) is 28.0 Å². The van der Waals surface area contributed by atoms with Crippen LogP contribution in [-0.2, 0) is 14.8 Å². The number of nitrogens with zero attached hydrogens (tertiary/aromatic N) is 1. The Hall–Kier alpha value is -3.75. The molecule has 0 aliphatic rings. The van der Waals surface area contributed by atoms with Crippen LogP contribution in [0, 0.1) is 6.92 Å². The summed E-state index contributed by atoms with van der Waals surface area (Å²) >= 11 is 1.52. The number of methoxy groups -OCH3 is 1. The number of amides is 1. The Balaban J connectivity index is 1.62. The lowest BCUT2D eigenvalue weighted by molar-refractivity contribution is -0.114. The minimum Gasteiger partial charge on any atom is -0.496 e. The first kappa shape index (κ1) is 25.3. The highest BCUT2D eigenvalue weighted by molar-refractivity contribution is 7.99. The molecule has 0 heterocycles. The van der Waals surface area contributed by atoms with Gasteiger partial charge in [-0.15, -0.1) is 0 Å². The molecule has 36 heavy (non-hydrogen) atoms. The molecule has 0 saturated carbocycles. The van der Waals surface area contributed by atoms with E-state index in [1.807, 2.05) is 48.5 Å². The second kappa shape index (κ2) is 11.3. The monoisotopic (exact) mass is 518 g/mol. The molecular formula is C28H26N2O4S2. The Morgan fingerprint density at radius 3 is 2.19 bits per heavy atom. The summed E-state index contributed by atoms with van der Waals surface area (Å²) in [6, 6.07) is 30.5. The topological polar surface area (TPSA) is 75.7 Å². The summed E-state index contributed by atoms with van der Waals surface area (Å²) in [5, 5.41) is 2.90. The highest BCUT2D eigenvalue weighted by Gasteiger charge is 2.28. The number of sulfonamides is 1. The summed E-state index contributed by atoms with van der Waals surface area (Å²) < 4.78 is 33.8. The molecule has 0 aliphatic carbocycles. The summed E-state index contributed by atoms with van der Waals surface area (Å²) in [6.07, 6.45) is 0. The van der Waals surface area contributed by atoms with Gasteiger partial charge in [0.2, 0.25) is 5.91 Å². The molecule has 0 aromatic heterocycles. The van der Waals surface area contributed by atoms with E-state index in [0.717, 1.165) is 14.1 Å². The van der Waals surface area contributed by atoms with Gasteiger partial charge in [0.15, 0.2) is 0 Å². The third kappa shape index (κ3) is 5.90. The van der Waals surface area contributed by atoms with Gasteiger partial charge in [-0.25, -0.2) is 8.42 Å². The van der Waals surface area contributed by atoms with Crippen molar-refractivity contribution in [2.24, 2.45) is 0 Å². The molecule has 0 aliphatic heterocycles. The van der Waals surface area contributed by atoms with Crippen LogP contribution in [0.25, 0.3) is 0 Å². The van der Waals surface area contributed by atoms with Crippen LogP contribution in [0.5, 0.6) is 5.75 Å². The normalized spacial score (nSPS) is 11.1. The summed E-state index contributed by atoms with van der Waals surface area (Å²) in [7, 11) is -2.50. The van der Waals surface area contributed by atoms with Crippen LogP contribution in [0.15, 0.2) is 118 Å². The van der Waals surface area contributed by atoms with Gasteiger partial charge < -0.3 is 10.1 Å². The molecule has 0 atom stereocenters. The first-order chi connectivity index (χ1) is 17.4. The number of benzene rings is 4. The van der Waals surface area contributed by atoms with Crippen molar-refractivity contribution >= 4 is 39.1 Å². The van der Waals surface area contributed by atoms with Crippen molar-refractivity contribution in [2.75, 3.05) is 23.3 Å². The van der Waals surface area contributed by atoms with Gasteiger partial charge in [0.25, 0.3) is 10.0 Å². The van der Waals surface area contributed by atoms with Crippen LogP contribution in [0.3, 0.4) is 0 Å². The Morgan fingerprint density at radius 2 is 1.53 bits per heavy atom. The minimum absolute atomic E-state index is 0.0810. The molecule has 184 valence electrons. The Kier molecular flexibility index (Phi) is 7.97. The lowest BCUT2D eigenvalue weighted by Gasteiger charge is -2.24. The fourth-order valence-corrected chi connectivity index (χ4v) is 6.07. The molecule has 4 aromatic carbocycles. The molecule has 8 heteroatoms. The summed E-state index contributed by atoms with van der Waals surface area (Å²) in [6.45, 7) is 1.39. The first-order valence-electron chi connectivity index (χ1n) is 11.2. The van der Waals surface area contributed by atoms with E-state index >= 15 is 0 Å². The van der Waals surface area contributed by atoms with Crippen molar-refractivity contribution in [1.29, 1.82) is 0 Å². The largest absolute Gasteiger partial charge is 0.496 e. The quantitative estimate of drug-likeness (QED) is 0.295. The molecule has 0 unspecified atom stereocenters. The van der Waals surface area contributed by atoms with Crippen molar-refractivity contribution in [1.82, 2.24) is 0 Å². The maximum absolute atomic E-state index is 13.7. The van der Waals surface area contributed by atoms with Gasteiger partial charge in [0, 0.05) is 9.79 Å². The zero-order valence-electron chi connectivity index (χ0n) is 19.9. The van der Waals surface area contributed by atoms with E-state index in [4.69, 9.17) is 4.74 Å². The predicted octanol–water partition coefficient (Wildman–Crippen LogP) is 5.99. The van der Waals surface area contributed by atoms with E-state index in [0.29, 0.717) is 22.7 Å². The molecule has 1 amide bonds. The number of carbonyl (C=O) groups excluding carboxylic acids is 1. The van der Waals surface area contributed by atoms with Crippen molar-refractivity contribution in [3.05, 3.63) is 109 Å². The Morgan fingerprint density at radius 1 is 0.889 bits per heavy atom. The van der Waals surface area contributed by atoms with E-state index < -0.39 is 15.9 Å². The van der Waals surface area contributed by atoms with Gasteiger partial charge in [-0.1, -0.05) is 60.3 Å². The SMILES string of the molecule is COc1ccc(S(=O)(=O)N(CC(=O)Nc2ccccc2Sc2ccccc2)c2ccccc2)cc1C. The smallest absolute Gasteiger partial charge is 0.264 e. The van der Waals surface area contributed by atoms with Crippen LogP contribution >= 0.6 is 11.8 Å². The number of hydrogen-bond acceptors (Lipinski definition) is 5. The molecule has 0 spiro atoms. The number of para-hydroxylation sites is 2. The lowest BCUT2D eigenvalue weighted by Crippen LogP contribution is -2.38.